The number of hydrogen-bond acceptors (Lipinski definition) is 4. The summed E-state index contributed by atoms with van der Waals surface area (Å²) in [4.78, 5) is 7.77. The van der Waals surface area contributed by atoms with Crippen molar-refractivity contribution in [2.45, 2.75) is 18.9 Å². The van der Waals surface area contributed by atoms with Crippen molar-refractivity contribution in [3.63, 3.8) is 0 Å². The predicted octanol–water partition coefficient (Wildman–Crippen LogP) is 3.64. The molecule has 1 aromatic carbocycles. The Hall–Kier alpha value is -2.94. The predicted molar refractivity (Wildman–Crippen MR) is 119 cm³/mol. The molecule has 2 heterocycles. The van der Waals surface area contributed by atoms with Crippen LogP contribution >= 0.6 is 11.6 Å². The van der Waals surface area contributed by atoms with E-state index in [9.17, 15) is 0 Å². The number of ether oxygens (including phenoxy) is 3. The molecule has 30 heavy (non-hydrogen) atoms. The van der Waals surface area contributed by atoms with Crippen LogP contribution in [0.3, 0.4) is 0 Å². The van der Waals surface area contributed by atoms with Gasteiger partial charge in [0.15, 0.2) is 11.5 Å². The minimum absolute atomic E-state index is 0.231. The average molecular weight is 425 g/mol. The van der Waals surface area contributed by atoms with Crippen LogP contribution in [0.25, 0.3) is 6.08 Å². The first kappa shape index (κ1) is 21.8. The van der Waals surface area contributed by atoms with Crippen molar-refractivity contribution in [2.24, 2.45) is 4.99 Å². The van der Waals surface area contributed by atoms with Crippen LogP contribution in [0.2, 0.25) is 0 Å². The van der Waals surface area contributed by atoms with Gasteiger partial charge in [0.1, 0.15) is 11.6 Å². The highest BCUT2D eigenvalue weighted by Crippen LogP contribution is 2.33. The molecule has 0 spiro atoms. The molecule has 156 valence electrons. The Bertz CT molecular complexity index is 1090. The molecular weight excluding hydrogens is 400 g/mol. The smallest absolute Gasteiger partial charge is 0.161 e. The highest BCUT2D eigenvalue weighted by molar-refractivity contribution is 6.31. The molecule has 1 N–H and O–H groups in total. The zero-order valence-corrected chi connectivity index (χ0v) is 17.9. The fourth-order valence-electron chi connectivity index (χ4n) is 3.36. The fourth-order valence-corrected chi connectivity index (χ4v) is 3.51. The first-order valence-corrected chi connectivity index (χ1v) is 10.1. The van der Waals surface area contributed by atoms with Crippen LogP contribution in [-0.4, -0.2) is 32.4 Å². The van der Waals surface area contributed by atoms with E-state index in [2.05, 4.69) is 22.0 Å². The third-order valence-corrected chi connectivity index (χ3v) is 4.96. The van der Waals surface area contributed by atoms with Gasteiger partial charge in [0.25, 0.3) is 0 Å². The van der Waals surface area contributed by atoms with Gasteiger partial charge in [0.05, 0.1) is 13.7 Å². The van der Waals surface area contributed by atoms with E-state index in [0.29, 0.717) is 29.6 Å². The summed E-state index contributed by atoms with van der Waals surface area (Å²) in [6.07, 6.45) is 15.9. The molecule has 1 aromatic heterocycles. The number of hydrogen-bond donors (Lipinski definition) is 1. The number of benzene rings is 1. The quantitative estimate of drug-likeness (QED) is 0.380. The maximum Gasteiger partial charge on any atom is 0.161 e. The van der Waals surface area contributed by atoms with Crippen molar-refractivity contribution >= 4 is 17.7 Å². The molecule has 0 aliphatic carbocycles. The number of aromatic nitrogens is 1. The van der Waals surface area contributed by atoms with Crippen LogP contribution in [0, 0.1) is 12.3 Å². The van der Waals surface area contributed by atoms with Crippen LogP contribution in [0.15, 0.2) is 52.6 Å². The molecule has 0 amide bonds. The lowest BCUT2D eigenvalue weighted by Gasteiger charge is -2.18. The third-order valence-electron chi connectivity index (χ3n) is 4.73. The van der Waals surface area contributed by atoms with Crippen molar-refractivity contribution < 1.29 is 14.2 Å². The fraction of sp³-hybridized carbons (Fsp3) is 0.292. The molecule has 0 saturated carbocycles. The minimum Gasteiger partial charge on any atom is -0.493 e. The molecule has 0 radical (unpaired) electrons. The Morgan fingerprint density at radius 2 is 2.23 bits per heavy atom. The summed E-state index contributed by atoms with van der Waals surface area (Å²) in [5.41, 5.74) is 2.96. The van der Waals surface area contributed by atoms with Gasteiger partial charge in [-0.15, -0.1) is 6.42 Å². The van der Waals surface area contributed by atoms with Gasteiger partial charge in [-0.05, 0) is 36.6 Å². The number of nitrogens with zero attached hydrogens (tertiary/aromatic N) is 1. The highest BCUT2D eigenvalue weighted by atomic mass is 35.5. The molecule has 0 fully saturated rings. The number of fused-ring (bicyclic) bond motifs is 1. The largest absolute Gasteiger partial charge is 0.493 e. The lowest BCUT2D eigenvalue weighted by Crippen LogP contribution is -2.30. The van der Waals surface area contributed by atoms with Gasteiger partial charge < -0.3 is 19.2 Å². The summed E-state index contributed by atoms with van der Waals surface area (Å²) in [5.74, 6) is 3.71. The molecule has 5 nitrogen and oxygen atoms in total. The lowest BCUT2D eigenvalue weighted by molar-refractivity contribution is 0.135. The monoisotopic (exact) mass is 424 g/mol. The first-order valence-electron chi connectivity index (χ1n) is 9.71. The van der Waals surface area contributed by atoms with Gasteiger partial charge in [-0.3, -0.25) is 4.99 Å². The number of halogens is 1. The number of nitrogens with one attached hydrogen (secondary N) is 1. The maximum absolute atomic E-state index is 5.92. The normalized spacial score (nSPS) is 14.4. The zero-order valence-electron chi connectivity index (χ0n) is 17.2. The molecular formula is C24H25ClN2O3. The Kier molecular flexibility index (Phi) is 7.78. The molecule has 0 bridgehead atoms. The Morgan fingerprint density at radius 3 is 3.00 bits per heavy atom. The number of rotatable bonds is 9. The van der Waals surface area contributed by atoms with E-state index >= 15 is 0 Å². The van der Waals surface area contributed by atoms with E-state index in [4.69, 9.17) is 32.2 Å². The number of allylic oxidation sites excluding steroid dienone is 3. The van der Waals surface area contributed by atoms with Crippen molar-refractivity contribution in [2.75, 3.05) is 27.4 Å². The molecule has 0 saturated heterocycles. The number of methoxy groups -OCH3 is 2. The van der Waals surface area contributed by atoms with Crippen LogP contribution in [-0.2, 0) is 4.74 Å². The average Bonchev–Trinajstić information content (AvgIpc) is 3.19. The second-order valence-corrected chi connectivity index (χ2v) is 7.08. The lowest BCUT2D eigenvalue weighted by atomic mass is 10.0. The van der Waals surface area contributed by atoms with Gasteiger partial charge in [0, 0.05) is 41.7 Å². The van der Waals surface area contributed by atoms with E-state index in [1.54, 1.807) is 20.3 Å². The standard InChI is InChI=1S/C24H25ClN2O3/c1-4-8-18(25)9-5-6-14-30-21-12-11-17(15-22(21)28-2)23(29-3)20-16-27-24-19(20)10-7-13-26-24/h1,5,8-12,15-16,23H,6-7,13-14H2,2-3H3,(H,26,27)/b9-5-,18-8+. The van der Waals surface area contributed by atoms with Crippen molar-refractivity contribution in [3.05, 3.63) is 69.5 Å². The summed E-state index contributed by atoms with van der Waals surface area (Å²) in [7, 11) is 3.33. The molecule has 2 aromatic rings. The van der Waals surface area contributed by atoms with Crippen LogP contribution < -0.4 is 20.2 Å². The summed E-state index contributed by atoms with van der Waals surface area (Å²) in [6.45, 7) is 1.30. The van der Waals surface area contributed by atoms with Crippen LogP contribution in [0.1, 0.15) is 30.1 Å². The number of terminal acetylenes is 1. The van der Waals surface area contributed by atoms with Gasteiger partial charge in [-0.1, -0.05) is 35.7 Å². The van der Waals surface area contributed by atoms with Gasteiger partial charge >= 0.3 is 0 Å². The third kappa shape index (κ3) is 5.15. The topological polar surface area (TPSA) is 55.8 Å². The van der Waals surface area contributed by atoms with Crippen LogP contribution in [0.4, 0.5) is 0 Å². The van der Waals surface area contributed by atoms with Crippen molar-refractivity contribution in [1.82, 2.24) is 4.98 Å². The zero-order chi connectivity index (χ0) is 21.3. The minimum atomic E-state index is -0.231. The van der Waals surface area contributed by atoms with E-state index in [0.717, 1.165) is 34.8 Å². The molecule has 1 atom stereocenters. The summed E-state index contributed by atoms with van der Waals surface area (Å²) < 4.78 is 17.2. The van der Waals surface area contributed by atoms with Gasteiger partial charge in [-0.25, -0.2) is 0 Å². The molecule has 1 aliphatic rings. The van der Waals surface area contributed by atoms with E-state index < -0.39 is 0 Å². The Balaban J connectivity index is 1.74. The molecule has 1 aliphatic heterocycles. The summed E-state index contributed by atoms with van der Waals surface area (Å²) in [5, 5.41) is 1.62. The van der Waals surface area contributed by atoms with E-state index in [1.807, 2.05) is 30.5 Å². The Labute approximate surface area is 181 Å². The van der Waals surface area contributed by atoms with Gasteiger partial charge in [0.2, 0.25) is 0 Å². The Morgan fingerprint density at radius 1 is 1.37 bits per heavy atom. The van der Waals surface area contributed by atoms with Crippen molar-refractivity contribution in [1.29, 1.82) is 0 Å². The number of H-pyrrole nitrogens is 1. The van der Waals surface area contributed by atoms with Gasteiger partial charge in [-0.2, -0.15) is 0 Å². The van der Waals surface area contributed by atoms with Crippen LogP contribution in [0.5, 0.6) is 11.5 Å². The highest BCUT2D eigenvalue weighted by Gasteiger charge is 2.19. The molecule has 6 heteroatoms. The molecule has 3 rings (SSSR count). The number of aromatic amines is 1. The van der Waals surface area contributed by atoms with E-state index in [-0.39, 0.29) is 6.10 Å². The second kappa shape index (κ2) is 10.7. The first-order chi connectivity index (χ1) is 14.7. The second-order valence-electron chi connectivity index (χ2n) is 6.64. The summed E-state index contributed by atoms with van der Waals surface area (Å²) in [6, 6.07) is 5.85. The maximum atomic E-state index is 5.92. The SMILES string of the molecule is C#C/C=C(Cl)\C=C/CCOc1ccc(C(OC)c2c[nH]c3c2=CCCN=3)cc1OC. The summed E-state index contributed by atoms with van der Waals surface area (Å²) >= 11 is 5.92. The van der Waals surface area contributed by atoms with E-state index in [1.165, 1.54) is 6.08 Å². The van der Waals surface area contributed by atoms with Crippen molar-refractivity contribution in [3.8, 4) is 23.8 Å². The molecule has 1 unspecified atom stereocenters.